The molecule has 0 aliphatic heterocycles. The van der Waals surface area contributed by atoms with Crippen molar-refractivity contribution in [3.63, 3.8) is 0 Å². The predicted octanol–water partition coefficient (Wildman–Crippen LogP) is 3.08. The maximum absolute atomic E-state index is 7.11. The highest BCUT2D eigenvalue weighted by atomic mass is 16.5. The number of unbranched alkanes of at least 4 members (excludes halogenated alkanes) is 1. The van der Waals surface area contributed by atoms with E-state index < -0.39 is 0 Å². The van der Waals surface area contributed by atoms with Crippen molar-refractivity contribution < 1.29 is 4.74 Å². The second-order valence-corrected chi connectivity index (χ2v) is 5.72. The molecule has 0 amide bonds. The van der Waals surface area contributed by atoms with Gasteiger partial charge < -0.3 is 10.5 Å². The van der Waals surface area contributed by atoms with E-state index in [1.165, 1.54) is 25.7 Å². The highest BCUT2D eigenvalue weighted by molar-refractivity contribution is 5.76. The first kappa shape index (κ1) is 13.5. The molecule has 3 N–H and O–H groups in total. The third-order valence-corrected chi connectivity index (χ3v) is 3.48. The van der Waals surface area contributed by atoms with Crippen LogP contribution in [0.4, 0.5) is 0 Å². The molecule has 3 heteroatoms. The van der Waals surface area contributed by atoms with Crippen molar-refractivity contribution in [3.8, 4) is 0 Å². The Balaban J connectivity index is 2.00. The molecule has 0 radical (unpaired) electrons. The van der Waals surface area contributed by atoms with E-state index in [2.05, 4.69) is 13.8 Å². The minimum atomic E-state index is 0.291. The average molecular weight is 226 g/mol. The second kappa shape index (κ2) is 6.24. The van der Waals surface area contributed by atoms with Crippen LogP contribution in [0.1, 0.15) is 58.8 Å². The van der Waals surface area contributed by atoms with Gasteiger partial charge in [0, 0.05) is 13.0 Å². The van der Waals surface area contributed by atoms with E-state index in [1.54, 1.807) is 0 Å². The third-order valence-electron chi connectivity index (χ3n) is 3.48. The zero-order chi connectivity index (χ0) is 12.0. The summed E-state index contributed by atoms with van der Waals surface area (Å²) in [5.74, 6) is 0.291. The van der Waals surface area contributed by atoms with Gasteiger partial charge in [0.05, 0.1) is 11.9 Å². The van der Waals surface area contributed by atoms with Gasteiger partial charge in [-0.15, -0.1) is 0 Å². The van der Waals surface area contributed by atoms with Crippen LogP contribution < -0.4 is 5.73 Å². The van der Waals surface area contributed by atoms with Crippen molar-refractivity contribution in [1.29, 1.82) is 5.41 Å². The quantitative estimate of drug-likeness (QED) is 0.415. The Labute approximate surface area is 99.3 Å². The highest BCUT2D eigenvalue weighted by Crippen LogP contribution is 2.36. The molecule has 1 aliphatic rings. The Bertz CT molecular complexity index is 216. The van der Waals surface area contributed by atoms with Crippen LogP contribution in [0.25, 0.3) is 0 Å². The fourth-order valence-corrected chi connectivity index (χ4v) is 2.21. The first-order chi connectivity index (χ1) is 7.49. The molecule has 0 spiro atoms. The summed E-state index contributed by atoms with van der Waals surface area (Å²) >= 11 is 0. The van der Waals surface area contributed by atoms with Crippen molar-refractivity contribution in [1.82, 2.24) is 0 Å². The molecule has 94 valence electrons. The van der Waals surface area contributed by atoms with Crippen LogP contribution in [0, 0.1) is 10.8 Å². The second-order valence-electron chi connectivity index (χ2n) is 5.72. The van der Waals surface area contributed by atoms with Crippen molar-refractivity contribution in [2.45, 2.75) is 64.9 Å². The maximum Gasteiger partial charge on any atom is 0.0905 e. The predicted molar refractivity (Wildman–Crippen MR) is 67.8 cm³/mol. The first-order valence-corrected chi connectivity index (χ1v) is 6.44. The Morgan fingerprint density at radius 3 is 2.50 bits per heavy atom. The zero-order valence-corrected chi connectivity index (χ0v) is 10.7. The number of ether oxygens (including phenoxy) is 1. The zero-order valence-electron chi connectivity index (χ0n) is 10.7. The highest BCUT2D eigenvalue weighted by Gasteiger charge is 2.26. The van der Waals surface area contributed by atoms with Gasteiger partial charge in [-0.1, -0.05) is 13.8 Å². The Morgan fingerprint density at radius 1 is 1.31 bits per heavy atom. The Kier molecular flexibility index (Phi) is 5.26. The molecule has 3 nitrogen and oxygen atoms in total. The van der Waals surface area contributed by atoms with Crippen molar-refractivity contribution in [2.75, 3.05) is 6.61 Å². The summed E-state index contributed by atoms with van der Waals surface area (Å²) in [5, 5.41) is 7.11. The lowest BCUT2D eigenvalue weighted by molar-refractivity contribution is 0.00303. The van der Waals surface area contributed by atoms with Gasteiger partial charge in [0.15, 0.2) is 0 Å². The van der Waals surface area contributed by atoms with Crippen LogP contribution in [-0.4, -0.2) is 18.5 Å². The summed E-state index contributed by atoms with van der Waals surface area (Å²) in [6.07, 6.45) is 8.18. The molecule has 0 bridgehead atoms. The molecule has 1 aliphatic carbocycles. The van der Waals surface area contributed by atoms with Gasteiger partial charge in [-0.2, -0.15) is 0 Å². The summed E-state index contributed by atoms with van der Waals surface area (Å²) in [7, 11) is 0. The number of nitrogens with two attached hydrogens (primary N) is 1. The number of nitrogens with one attached hydrogen (secondary N) is 1. The molecule has 1 fully saturated rings. The van der Waals surface area contributed by atoms with E-state index in [-0.39, 0.29) is 0 Å². The molecular formula is C13H26N2O. The summed E-state index contributed by atoms with van der Waals surface area (Å²) < 4.78 is 5.85. The van der Waals surface area contributed by atoms with E-state index in [0.29, 0.717) is 23.8 Å². The lowest BCUT2D eigenvalue weighted by atomic mass is 9.76. The van der Waals surface area contributed by atoms with Crippen molar-refractivity contribution in [3.05, 3.63) is 0 Å². The van der Waals surface area contributed by atoms with Gasteiger partial charge >= 0.3 is 0 Å². The minimum Gasteiger partial charge on any atom is -0.388 e. The molecule has 0 heterocycles. The van der Waals surface area contributed by atoms with E-state index in [9.17, 15) is 0 Å². The standard InChI is InChI=1S/C13H26N2O/c1-13(2)8-6-11(7-9-13)16-10-4-3-5-12(14)15/h11H,3-10H2,1-2H3,(H3,14,15). The fourth-order valence-electron chi connectivity index (χ4n) is 2.21. The molecule has 1 rings (SSSR count). The number of amidine groups is 1. The average Bonchev–Trinajstić information content (AvgIpc) is 2.19. The molecule has 0 atom stereocenters. The van der Waals surface area contributed by atoms with E-state index >= 15 is 0 Å². The van der Waals surface area contributed by atoms with Crippen LogP contribution in [0.5, 0.6) is 0 Å². The van der Waals surface area contributed by atoms with Gasteiger partial charge in [0.2, 0.25) is 0 Å². The van der Waals surface area contributed by atoms with E-state index in [1.807, 2.05) is 0 Å². The van der Waals surface area contributed by atoms with Crippen LogP contribution in [-0.2, 0) is 4.74 Å². The van der Waals surface area contributed by atoms with Crippen LogP contribution in [0.15, 0.2) is 0 Å². The summed E-state index contributed by atoms with van der Waals surface area (Å²) in [5.41, 5.74) is 5.81. The topological polar surface area (TPSA) is 59.1 Å². The van der Waals surface area contributed by atoms with Crippen molar-refractivity contribution in [2.24, 2.45) is 11.1 Å². The lowest BCUT2D eigenvalue weighted by Crippen LogP contribution is -2.26. The summed E-state index contributed by atoms with van der Waals surface area (Å²) in [4.78, 5) is 0. The summed E-state index contributed by atoms with van der Waals surface area (Å²) in [6.45, 7) is 5.52. The number of rotatable bonds is 6. The van der Waals surface area contributed by atoms with Crippen LogP contribution >= 0.6 is 0 Å². The molecular weight excluding hydrogens is 200 g/mol. The molecule has 0 aromatic carbocycles. The van der Waals surface area contributed by atoms with Gasteiger partial charge in [-0.3, -0.25) is 5.41 Å². The lowest BCUT2D eigenvalue weighted by Gasteiger charge is -2.34. The van der Waals surface area contributed by atoms with Crippen molar-refractivity contribution >= 4 is 5.84 Å². The van der Waals surface area contributed by atoms with Gasteiger partial charge in [-0.25, -0.2) is 0 Å². The molecule has 0 unspecified atom stereocenters. The molecule has 0 aromatic heterocycles. The van der Waals surface area contributed by atoms with Crippen LogP contribution in [0.3, 0.4) is 0 Å². The Hall–Kier alpha value is -0.570. The molecule has 16 heavy (non-hydrogen) atoms. The first-order valence-electron chi connectivity index (χ1n) is 6.44. The number of hydrogen-bond acceptors (Lipinski definition) is 2. The Morgan fingerprint density at radius 2 is 1.94 bits per heavy atom. The smallest absolute Gasteiger partial charge is 0.0905 e. The normalized spacial score (nSPS) is 20.9. The third kappa shape index (κ3) is 5.50. The largest absolute Gasteiger partial charge is 0.388 e. The van der Waals surface area contributed by atoms with E-state index in [0.717, 1.165) is 19.4 Å². The molecule has 1 saturated carbocycles. The SMILES string of the molecule is CC1(C)CCC(OCCCCC(=N)N)CC1. The van der Waals surface area contributed by atoms with Gasteiger partial charge in [-0.05, 0) is 43.9 Å². The summed E-state index contributed by atoms with van der Waals surface area (Å²) in [6, 6.07) is 0. The molecule has 0 saturated heterocycles. The van der Waals surface area contributed by atoms with Crippen LogP contribution in [0.2, 0.25) is 0 Å². The fraction of sp³-hybridized carbons (Fsp3) is 0.923. The number of hydrogen-bond donors (Lipinski definition) is 2. The van der Waals surface area contributed by atoms with Gasteiger partial charge in [0.25, 0.3) is 0 Å². The minimum absolute atomic E-state index is 0.291. The van der Waals surface area contributed by atoms with Gasteiger partial charge in [0.1, 0.15) is 0 Å². The molecule has 0 aromatic rings. The van der Waals surface area contributed by atoms with E-state index in [4.69, 9.17) is 15.9 Å². The maximum atomic E-state index is 7.11. The monoisotopic (exact) mass is 226 g/mol.